The van der Waals surface area contributed by atoms with Crippen molar-refractivity contribution in [2.75, 3.05) is 57.6 Å². The molecule has 1 fully saturated rings. The van der Waals surface area contributed by atoms with E-state index in [-0.39, 0.29) is 5.54 Å². The normalized spacial score (nSPS) is 24.0. The van der Waals surface area contributed by atoms with Crippen molar-refractivity contribution in [3.05, 3.63) is 0 Å². The van der Waals surface area contributed by atoms with Crippen LogP contribution < -0.4 is 5.73 Å². The highest BCUT2D eigenvalue weighted by molar-refractivity contribution is 7.99. The van der Waals surface area contributed by atoms with Gasteiger partial charge in [-0.2, -0.15) is 11.8 Å². The minimum Gasteiger partial charge on any atom is -0.380 e. The molecule has 0 radical (unpaired) electrons. The van der Waals surface area contributed by atoms with E-state index in [1.165, 1.54) is 18.6 Å². The van der Waals surface area contributed by atoms with Crippen molar-refractivity contribution in [3.63, 3.8) is 0 Å². The van der Waals surface area contributed by atoms with Crippen LogP contribution >= 0.6 is 11.8 Å². The second-order valence-corrected chi connectivity index (χ2v) is 6.07. The summed E-state index contributed by atoms with van der Waals surface area (Å²) in [6.07, 6.45) is 2.47. The topological polar surface area (TPSA) is 47.7 Å². The highest BCUT2D eigenvalue weighted by Crippen LogP contribution is 2.31. The fraction of sp³-hybridized carbons (Fsp3) is 1.00. The Hall–Kier alpha value is 0.190. The van der Waals surface area contributed by atoms with Gasteiger partial charge in [0.05, 0.1) is 13.2 Å². The fourth-order valence-corrected chi connectivity index (χ4v) is 3.92. The molecule has 1 rings (SSSR count). The maximum Gasteiger partial charge on any atom is 0.0593 e. The van der Waals surface area contributed by atoms with Gasteiger partial charge in [0.25, 0.3) is 0 Å². The monoisotopic (exact) mass is 290 g/mol. The quantitative estimate of drug-likeness (QED) is 0.619. The lowest BCUT2D eigenvalue weighted by Gasteiger charge is -2.45. The van der Waals surface area contributed by atoms with Gasteiger partial charge in [-0.25, -0.2) is 0 Å². The Morgan fingerprint density at radius 1 is 1.16 bits per heavy atom. The van der Waals surface area contributed by atoms with Crippen LogP contribution in [-0.2, 0) is 9.47 Å². The summed E-state index contributed by atoms with van der Waals surface area (Å²) >= 11 is 2.03. The molecule has 114 valence electrons. The summed E-state index contributed by atoms with van der Waals surface area (Å²) in [5.74, 6) is 2.41. The molecule has 0 spiro atoms. The molecule has 1 aliphatic heterocycles. The van der Waals surface area contributed by atoms with Gasteiger partial charge in [0.15, 0.2) is 0 Å². The first-order valence-corrected chi connectivity index (χ1v) is 8.63. The van der Waals surface area contributed by atoms with Gasteiger partial charge in [0, 0.05) is 44.1 Å². The van der Waals surface area contributed by atoms with E-state index in [0.717, 1.165) is 51.8 Å². The summed E-state index contributed by atoms with van der Waals surface area (Å²) in [4.78, 5) is 2.50. The van der Waals surface area contributed by atoms with E-state index < -0.39 is 0 Å². The molecule has 0 amide bonds. The third kappa shape index (κ3) is 5.60. The first kappa shape index (κ1) is 17.2. The van der Waals surface area contributed by atoms with Crippen LogP contribution in [0.4, 0.5) is 0 Å². The molecule has 4 nitrogen and oxygen atoms in total. The molecule has 5 heteroatoms. The predicted molar refractivity (Wildman–Crippen MR) is 82.9 cm³/mol. The van der Waals surface area contributed by atoms with Gasteiger partial charge in [0.1, 0.15) is 0 Å². The molecule has 19 heavy (non-hydrogen) atoms. The van der Waals surface area contributed by atoms with Gasteiger partial charge in [-0.3, -0.25) is 4.90 Å². The van der Waals surface area contributed by atoms with Crippen LogP contribution in [0.3, 0.4) is 0 Å². The van der Waals surface area contributed by atoms with Crippen molar-refractivity contribution in [1.82, 2.24) is 4.90 Å². The van der Waals surface area contributed by atoms with Crippen molar-refractivity contribution in [3.8, 4) is 0 Å². The minimum absolute atomic E-state index is 0.150. The first-order valence-electron chi connectivity index (χ1n) is 7.47. The Bertz CT molecular complexity index is 213. The first-order chi connectivity index (χ1) is 9.29. The maximum absolute atomic E-state index is 6.11. The molecular weight excluding hydrogens is 260 g/mol. The number of hydrogen-bond donors (Lipinski definition) is 1. The molecule has 1 atom stereocenters. The molecule has 1 saturated heterocycles. The number of rotatable bonds is 10. The van der Waals surface area contributed by atoms with Gasteiger partial charge in [0.2, 0.25) is 0 Å². The van der Waals surface area contributed by atoms with E-state index in [1.54, 1.807) is 0 Å². The summed E-state index contributed by atoms with van der Waals surface area (Å²) in [5, 5.41) is 0. The van der Waals surface area contributed by atoms with Gasteiger partial charge in [-0.05, 0) is 32.4 Å². The zero-order chi connectivity index (χ0) is 14.0. The molecule has 0 aliphatic carbocycles. The zero-order valence-corrected chi connectivity index (χ0v) is 13.3. The van der Waals surface area contributed by atoms with Crippen LogP contribution in [0.15, 0.2) is 0 Å². The fourth-order valence-electron chi connectivity index (χ4n) is 2.60. The number of thioether (sulfide) groups is 1. The Kier molecular flexibility index (Phi) is 9.07. The van der Waals surface area contributed by atoms with Gasteiger partial charge < -0.3 is 15.2 Å². The second-order valence-electron chi connectivity index (χ2n) is 4.97. The summed E-state index contributed by atoms with van der Waals surface area (Å²) in [7, 11) is 0. The maximum atomic E-state index is 6.11. The highest BCUT2D eigenvalue weighted by Gasteiger charge is 2.36. The Morgan fingerprint density at radius 3 is 2.21 bits per heavy atom. The average Bonchev–Trinajstić information content (AvgIpc) is 2.46. The summed E-state index contributed by atoms with van der Waals surface area (Å²) < 4.78 is 11.0. The molecule has 1 unspecified atom stereocenters. The molecule has 0 aromatic carbocycles. The number of hydrogen-bond acceptors (Lipinski definition) is 5. The van der Waals surface area contributed by atoms with Crippen molar-refractivity contribution in [1.29, 1.82) is 0 Å². The van der Waals surface area contributed by atoms with E-state index in [1.807, 2.05) is 25.6 Å². The molecule has 1 heterocycles. The van der Waals surface area contributed by atoms with Crippen LogP contribution in [-0.4, -0.2) is 68.0 Å². The smallest absolute Gasteiger partial charge is 0.0593 e. The lowest BCUT2D eigenvalue weighted by Crippen LogP contribution is -2.58. The van der Waals surface area contributed by atoms with Crippen LogP contribution in [0.5, 0.6) is 0 Å². The van der Waals surface area contributed by atoms with Crippen molar-refractivity contribution in [2.45, 2.75) is 32.2 Å². The lowest BCUT2D eigenvalue weighted by atomic mass is 9.93. The largest absolute Gasteiger partial charge is 0.380 e. The molecule has 0 saturated carbocycles. The lowest BCUT2D eigenvalue weighted by molar-refractivity contribution is 0.0271. The van der Waals surface area contributed by atoms with Crippen LogP contribution in [0.1, 0.15) is 26.7 Å². The summed E-state index contributed by atoms with van der Waals surface area (Å²) in [6, 6.07) is 0. The Labute approximate surface area is 122 Å². The second kappa shape index (κ2) is 10.00. The van der Waals surface area contributed by atoms with Crippen LogP contribution in [0.2, 0.25) is 0 Å². The Balaban J connectivity index is 2.56. The summed E-state index contributed by atoms with van der Waals surface area (Å²) in [6.45, 7) is 9.87. The molecule has 0 aromatic rings. The van der Waals surface area contributed by atoms with E-state index in [2.05, 4.69) is 4.90 Å². The van der Waals surface area contributed by atoms with Crippen molar-refractivity contribution in [2.24, 2.45) is 5.73 Å². The standard InChI is InChI=1S/C14H30N2O2S/c1-3-17-9-7-16(8-10-18-4-2)14(12-15)6-5-11-19-13-14/h3-13,15H2,1-2H3. The van der Waals surface area contributed by atoms with Gasteiger partial charge in [-0.15, -0.1) is 0 Å². The SMILES string of the molecule is CCOCCN(CCOCC)C1(CN)CCCSC1. The van der Waals surface area contributed by atoms with Gasteiger partial charge >= 0.3 is 0 Å². The molecular formula is C14H30N2O2S. The Morgan fingerprint density at radius 2 is 1.79 bits per heavy atom. The molecule has 0 aromatic heterocycles. The van der Waals surface area contributed by atoms with Crippen molar-refractivity contribution >= 4 is 11.8 Å². The molecule has 0 bridgehead atoms. The van der Waals surface area contributed by atoms with Gasteiger partial charge in [-0.1, -0.05) is 0 Å². The van der Waals surface area contributed by atoms with E-state index in [4.69, 9.17) is 15.2 Å². The zero-order valence-electron chi connectivity index (χ0n) is 12.5. The summed E-state index contributed by atoms with van der Waals surface area (Å²) in [5.41, 5.74) is 6.26. The van der Waals surface area contributed by atoms with E-state index >= 15 is 0 Å². The minimum atomic E-state index is 0.150. The van der Waals surface area contributed by atoms with E-state index in [0.29, 0.717) is 0 Å². The predicted octanol–water partition coefficient (Wildman–Crippen LogP) is 1.59. The number of nitrogens with zero attached hydrogens (tertiary/aromatic N) is 1. The molecule has 1 aliphatic rings. The third-order valence-corrected chi connectivity index (χ3v) is 5.09. The molecule has 2 N–H and O–H groups in total. The number of ether oxygens (including phenoxy) is 2. The average molecular weight is 290 g/mol. The third-order valence-electron chi connectivity index (χ3n) is 3.77. The van der Waals surface area contributed by atoms with E-state index in [9.17, 15) is 0 Å². The highest BCUT2D eigenvalue weighted by atomic mass is 32.2. The van der Waals surface area contributed by atoms with Crippen LogP contribution in [0, 0.1) is 0 Å². The number of nitrogens with two attached hydrogens (primary N) is 1. The van der Waals surface area contributed by atoms with Crippen LogP contribution in [0.25, 0.3) is 0 Å². The van der Waals surface area contributed by atoms with Crippen molar-refractivity contribution < 1.29 is 9.47 Å².